The minimum Gasteiger partial charge on any atom is -0.462 e. The summed E-state index contributed by atoms with van der Waals surface area (Å²) >= 11 is 6.75. The van der Waals surface area contributed by atoms with Crippen LogP contribution in [0.2, 0.25) is 5.02 Å². The summed E-state index contributed by atoms with van der Waals surface area (Å²) in [7, 11) is 0. The third-order valence-electron chi connectivity index (χ3n) is 4.90. The SMILES string of the molecule is CCOC(=O)c1ccc(-c2ccc(/C=C3/SC(=O)N(CC(=O)Nc4ccccc4Cl)C3=O)o2)cc1. The van der Waals surface area contributed by atoms with Crippen molar-refractivity contribution in [2.45, 2.75) is 6.92 Å². The maximum atomic E-state index is 12.7. The molecular weight excluding hydrogens is 492 g/mol. The standard InChI is InChI=1S/C25H19ClN2O6S/c1-2-33-24(31)16-9-7-15(8-10-16)20-12-11-17(34-20)13-21-23(30)28(25(32)35-21)14-22(29)27-19-6-4-3-5-18(19)26/h3-13H,2,14H2,1H3,(H,27,29)/b21-13+. The lowest BCUT2D eigenvalue weighted by molar-refractivity contribution is -0.127. The average Bonchev–Trinajstić information content (AvgIpc) is 3.41. The number of carbonyl (C=O) groups excluding carboxylic acids is 4. The predicted octanol–water partition coefficient (Wildman–Crippen LogP) is 5.45. The minimum atomic E-state index is -0.592. The highest BCUT2D eigenvalue weighted by atomic mass is 35.5. The molecule has 0 aliphatic carbocycles. The van der Waals surface area contributed by atoms with Crippen LogP contribution in [0.4, 0.5) is 10.5 Å². The highest BCUT2D eigenvalue weighted by Gasteiger charge is 2.36. The van der Waals surface area contributed by atoms with Crippen molar-refractivity contribution in [1.82, 2.24) is 4.90 Å². The van der Waals surface area contributed by atoms with Gasteiger partial charge in [0.05, 0.1) is 27.8 Å². The van der Waals surface area contributed by atoms with Gasteiger partial charge >= 0.3 is 5.97 Å². The fourth-order valence-corrected chi connectivity index (χ4v) is 4.23. The normalized spacial score (nSPS) is 14.5. The van der Waals surface area contributed by atoms with E-state index in [-0.39, 0.29) is 4.91 Å². The molecule has 1 aromatic heterocycles. The Morgan fingerprint density at radius 1 is 1.09 bits per heavy atom. The zero-order valence-electron chi connectivity index (χ0n) is 18.4. The second-order valence-corrected chi connectivity index (χ2v) is 8.70. The van der Waals surface area contributed by atoms with Gasteiger partial charge in [-0.3, -0.25) is 19.3 Å². The number of rotatable bonds is 7. The Labute approximate surface area is 209 Å². The summed E-state index contributed by atoms with van der Waals surface area (Å²) in [5.74, 6) is -0.666. The van der Waals surface area contributed by atoms with Crippen molar-refractivity contribution >= 4 is 58.1 Å². The van der Waals surface area contributed by atoms with Gasteiger partial charge in [-0.2, -0.15) is 0 Å². The molecule has 3 amide bonds. The summed E-state index contributed by atoms with van der Waals surface area (Å²) < 4.78 is 10.8. The van der Waals surface area contributed by atoms with Crippen LogP contribution in [0.15, 0.2) is 70.0 Å². The van der Waals surface area contributed by atoms with Gasteiger partial charge in [0, 0.05) is 11.6 Å². The van der Waals surface area contributed by atoms with Gasteiger partial charge in [0.15, 0.2) is 0 Å². The third-order valence-corrected chi connectivity index (χ3v) is 6.14. The van der Waals surface area contributed by atoms with Crippen molar-refractivity contribution in [3.63, 3.8) is 0 Å². The van der Waals surface area contributed by atoms with Crippen LogP contribution in [0.5, 0.6) is 0 Å². The first kappa shape index (κ1) is 24.3. The van der Waals surface area contributed by atoms with Crippen molar-refractivity contribution in [1.29, 1.82) is 0 Å². The van der Waals surface area contributed by atoms with E-state index in [0.29, 0.717) is 34.4 Å². The summed E-state index contributed by atoms with van der Waals surface area (Å²) in [6.07, 6.45) is 1.45. The molecule has 1 fully saturated rings. The maximum Gasteiger partial charge on any atom is 0.338 e. The topological polar surface area (TPSA) is 106 Å². The van der Waals surface area contributed by atoms with Crippen LogP contribution < -0.4 is 5.32 Å². The lowest BCUT2D eigenvalue weighted by Gasteiger charge is -2.13. The molecule has 3 aromatic rings. The molecule has 0 spiro atoms. The molecule has 1 aliphatic heterocycles. The Bertz CT molecular complexity index is 1330. The van der Waals surface area contributed by atoms with Crippen molar-refractivity contribution in [2.75, 3.05) is 18.5 Å². The van der Waals surface area contributed by atoms with Crippen LogP contribution in [-0.4, -0.2) is 41.1 Å². The van der Waals surface area contributed by atoms with E-state index in [4.69, 9.17) is 20.8 Å². The van der Waals surface area contributed by atoms with Crippen LogP contribution in [-0.2, 0) is 14.3 Å². The van der Waals surface area contributed by atoms with Gasteiger partial charge in [-0.25, -0.2) is 4.79 Å². The van der Waals surface area contributed by atoms with Gasteiger partial charge in [0.1, 0.15) is 18.1 Å². The molecule has 0 unspecified atom stereocenters. The summed E-state index contributed by atoms with van der Waals surface area (Å²) in [5, 5.41) is 2.38. The van der Waals surface area contributed by atoms with E-state index in [1.54, 1.807) is 67.6 Å². The zero-order valence-corrected chi connectivity index (χ0v) is 20.0. The number of imide groups is 1. The van der Waals surface area contributed by atoms with Crippen LogP contribution in [0.25, 0.3) is 17.4 Å². The number of hydrogen-bond donors (Lipinski definition) is 1. The lowest BCUT2D eigenvalue weighted by Crippen LogP contribution is -2.36. The van der Waals surface area contributed by atoms with Crippen molar-refractivity contribution < 1.29 is 28.3 Å². The average molecular weight is 511 g/mol. The molecule has 35 heavy (non-hydrogen) atoms. The smallest absolute Gasteiger partial charge is 0.338 e. The molecule has 0 bridgehead atoms. The fourth-order valence-electron chi connectivity index (χ4n) is 3.23. The van der Waals surface area contributed by atoms with E-state index in [0.717, 1.165) is 22.2 Å². The Balaban J connectivity index is 1.43. The molecule has 2 heterocycles. The highest BCUT2D eigenvalue weighted by Crippen LogP contribution is 2.33. The van der Waals surface area contributed by atoms with Gasteiger partial charge in [-0.15, -0.1) is 0 Å². The van der Waals surface area contributed by atoms with Crippen molar-refractivity contribution in [3.8, 4) is 11.3 Å². The number of nitrogens with zero attached hydrogens (tertiary/aromatic N) is 1. The van der Waals surface area contributed by atoms with Crippen LogP contribution in [0.1, 0.15) is 23.0 Å². The summed E-state index contributed by atoms with van der Waals surface area (Å²) in [6, 6.07) is 16.7. The second kappa shape index (κ2) is 10.6. The van der Waals surface area contributed by atoms with Crippen LogP contribution in [0, 0.1) is 0 Å². The number of carbonyl (C=O) groups is 4. The van der Waals surface area contributed by atoms with E-state index in [1.807, 2.05) is 0 Å². The number of anilines is 1. The monoisotopic (exact) mass is 510 g/mol. The molecule has 0 saturated carbocycles. The molecule has 1 aliphatic rings. The van der Waals surface area contributed by atoms with Crippen molar-refractivity contribution in [3.05, 3.63) is 81.9 Å². The molecule has 1 N–H and O–H groups in total. The van der Waals surface area contributed by atoms with Gasteiger partial charge in [-0.05, 0) is 55.1 Å². The number of esters is 1. The molecule has 1 saturated heterocycles. The number of halogens is 1. The number of benzene rings is 2. The van der Waals surface area contributed by atoms with Gasteiger partial charge in [-0.1, -0.05) is 35.9 Å². The molecule has 4 rings (SSSR count). The van der Waals surface area contributed by atoms with Crippen molar-refractivity contribution in [2.24, 2.45) is 0 Å². The maximum absolute atomic E-state index is 12.7. The first-order valence-corrected chi connectivity index (χ1v) is 11.7. The van der Waals surface area contributed by atoms with E-state index >= 15 is 0 Å². The van der Waals surface area contributed by atoms with E-state index < -0.39 is 29.6 Å². The lowest BCUT2D eigenvalue weighted by atomic mass is 10.1. The molecular formula is C25H19ClN2O6S. The third kappa shape index (κ3) is 5.64. The predicted molar refractivity (Wildman–Crippen MR) is 133 cm³/mol. The molecule has 178 valence electrons. The number of amides is 3. The molecule has 8 nitrogen and oxygen atoms in total. The van der Waals surface area contributed by atoms with E-state index in [9.17, 15) is 19.2 Å². The zero-order chi connectivity index (χ0) is 24.9. The van der Waals surface area contributed by atoms with Crippen LogP contribution >= 0.6 is 23.4 Å². The number of nitrogens with one attached hydrogen (secondary N) is 1. The first-order chi connectivity index (χ1) is 16.9. The largest absolute Gasteiger partial charge is 0.462 e. The molecule has 0 radical (unpaired) electrons. The minimum absolute atomic E-state index is 0.138. The van der Waals surface area contributed by atoms with E-state index in [2.05, 4.69) is 5.32 Å². The Hall–Kier alpha value is -3.82. The Kier molecular flexibility index (Phi) is 7.38. The van der Waals surface area contributed by atoms with Gasteiger partial charge in [0.2, 0.25) is 5.91 Å². The molecule has 2 aromatic carbocycles. The number of ether oxygens (including phenoxy) is 1. The fraction of sp³-hybridized carbons (Fsp3) is 0.120. The number of furan rings is 1. The van der Waals surface area contributed by atoms with E-state index in [1.165, 1.54) is 6.08 Å². The Morgan fingerprint density at radius 3 is 2.54 bits per heavy atom. The number of para-hydroxylation sites is 1. The van der Waals surface area contributed by atoms with Gasteiger partial charge < -0.3 is 14.5 Å². The molecule has 10 heteroatoms. The Morgan fingerprint density at radius 2 is 1.83 bits per heavy atom. The number of thioether (sulfide) groups is 1. The summed E-state index contributed by atoms with van der Waals surface area (Å²) in [6.45, 7) is 1.59. The summed E-state index contributed by atoms with van der Waals surface area (Å²) in [4.78, 5) is 50.2. The first-order valence-electron chi connectivity index (χ1n) is 10.5. The summed E-state index contributed by atoms with van der Waals surface area (Å²) in [5.41, 5.74) is 1.54. The molecule has 0 atom stereocenters. The number of hydrogen-bond acceptors (Lipinski definition) is 7. The highest BCUT2D eigenvalue weighted by molar-refractivity contribution is 8.18. The second-order valence-electron chi connectivity index (χ2n) is 7.30. The quantitative estimate of drug-likeness (QED) is 0.332. The van der Waals surface area contributed by atoms with Crippen LogP contribution in [0.3, 0.4) is 0 Å². The van der Waals surface area contributed by atoms with Gasteiger partial charge in [0.25, 0.3) is 11.1 Å².